The highest BCUT2D eigenvalue weighted by Gasteiger charge is 2.68. The third-order valence-corrected chi connectivity index (χ3v) is 8.33. The van der Waals surface area contributed by atoms with Crippen molar-refractivity contribution >= 4 is 23.5 Å². The number of benzene rings is 4. The van der Waals surface area contributed by atoms with Crippen LogP contribution in [0.5, 0.6) is 5.75 Å². The van der Waals surface area contributed by atoms with Crippen LogP contribution >= 0.6 is 0 Å². The third kappa shape index (κ3) is 2.88. The largest absolute Gasteiger partial charge is 0.423 e. The van der Waals surface area contributed by atoms with Gasteiger partial charge in [-0.25, -0.2) is 9.69 Å². The molecule has 4 aliphatic rings. The molecule has 2 atom stereocenters. The van der Waals surface area contributed by atoms with E-state index in [1.807, 2.05) is 37.3 Å². The van der Waals surface area contributed by atoms with Gasteiger partial charge in [0.15, 0.2) is 0 Å². The lowest BCUT2D eigenvalue weighted by molar-refractivity contribution is -0.128. The molecule has 2 bridgehead atoms. The average molecular weight is 486 g/mol. The number of rotatable bonds is 3. The lowest BCUT2D eigenvalue weighted by Gasteiger charge is -2.51. The van der Waals surface area contributed by atoms with E-state index in [0.29, 0.717) is 17.0 Å². The highest BCUT2D eigenvalue weighted by molar-refractivity contribution is 6.25. The van der Waals surface area contributed by atoms with E-state index in [4.69, 9.17) is 4.74 Å². The van der Waals surface area contributed by atoms with E-state index in [1.165, 1.54) is 4.90 Å². The first-order valence-corrected chi connectivity index (χ1v) is 12.4. The van der Waals surface area contributed by atoms with Crippen molar-refractivity contribution in [2.24, 2.45) is 11.3 Å². The Morgan fingerprint density at radius 1 is 0.730 bits per heavy atom. The van der Waals surface area contributed by atoms with Crippen LogP contribution in [-0.2, 0) is 9.59 Å². The zero-order chi connectivity index (χ0) is 25.3. The first kappa shape index (κ1) is 21.7. The molecule has 0 aromatic heterocycles. The van der Waals surface area contributed by atoms with Gasteiger partial charge in [-0.05, 0) is 65.6 Å². The topological polar surface area (TPSA) is 63.7 Å². The minimum atomic E-state index is -0.886. The minimum Gasteiger partial charge on any atom is -0.423 e. The molecule has 2 amide bonds. The molecule has 0 unspecified atom stereocenters. The number of carbonyl (C=O) groups excluding carboxylic acids is 3. The summed E-state index contributed by atoms with van der Waals surface area (Å²) in [7, 11) is 0. The van der Waals surface area contributed by atoms with E-state index in [0.717, 1.165) is 22.3 Å². The number of hydrogen-bond acceptors (Lipinski definition) is 4. The molecule has 5 nitrogen and oxygen atoms in total. The minimum absolute atomic E-state index is 0.171. The monoisotopic (exact) mass is 485 g/mol. The fourth-order valence-corrected chi connectivity index (χ4v) is 6.76. The lowest BCUT2D eigenvalue weighted by Crippen LogP contribution is -2.49. The van der Waals surface area contributed by atoms with Gasteiger partial charge in [-0.2, -0.15) is 0 Å². The predicted octanol–water partition coefficient (Wildman–Crippen LogP) is 5.69. The van der Waals surface area contributed by atoms with Crippen LogP contribution in [0.4, 0.5) is 5.69 Å². The summed E-state index contributed by atoms with van der Waals surface area (Å²) in [5, 5.41) is 0. The van der Waals surface area contributed by atoms with Gasteiger partial charge < -0.3 is 4.74 Å². The van der Waals surface area contributed by atoms with E-state index in [9.17, 15) is 14.4 Å². The van der Waals surface area contributed by atoms with Crippen LogP contribution in [0.15, 0.2) is 103 Å². The maximum absolute atomic E-state index is 14.1. The number of carbonyl (C=O) groups is 3. The molecule has 5 heteroatoms. The quantitative estimate of drug-likeness (QED) is 0.212. The standard InChI is InChI=1S/C32H23NO4/c1-32-27-24-13-7-5-11-22(24)26(23-12-6-8-14-25(23)27)28(32)29(34)33(31(32)36)20-15-17-21(18-16-20)37-30(35)19-9-3-2-4-10-19/h2-18,26-28H,1H3/t26?,27?,28-,32+/m0/s1. The second-order valence-corrected chi connectivity index (χ2v) is 10.2. The Bertz CT molecular complexity index is 1550. The zero-order valence-corrected chi connectivity index (χ0v) is 20.1. The Kier molecular flexibility index (Phi) is 4.55. The summed E-state index contributed by atoms with van der Waals surface area (Å²) >= 11 is 0. The van der Waals surface area contributed by atoms with Crippen molar-refractivity contribution in [1.82, 2.24) is 0 Å². The van der Waals surface area contributed by atoms with Gasteiger partial charge in [-0.3, -0.25) is 9.59 Å². The third-order valence-electron chi connectivity index (χ3n) is 8.33. The summed E-state index contributed by atoms with van der Waals surface area (Å²) in [4.78, 5) is 41.9. The van der Waals surface area contributed by atoms with Crippen LogP contribution in [0.3, 0.4) is 0 Å². The Morgan fingerprint density at radius 2 is 1.27 bits per heavy atom. The molecule has 0 N–H and O–H groups in total. The van der Waals surface area contributed by atoms with Gasteiger partial charge in [-0.15, -0.1) is 0 Å². The van der Waals surface area contributed by atoms with Gasteiger partial charge in [0.05, 0.1) is 22.6 Å². The average Bonchev–Trinajstić information content (AvgIpc) is 3.15. The lowest BCUT2D eigenvalue weighted by atomic mass is 9.48. The van der Waals surface area contributed by atoms with Gasteiger partial charge in [0.1, 0.15) is 5.75 Å². The number of nitrogens with zero attached hydrogens (tertiary/aromatic N) is 1. The number of imide groups is 1. The highest BCUT2D eigenvalue weighted by atomic mass is 16.5. The molecular weight excluding hydrogens is 462 g/mol. The Hall–Kier alpha value is -4.51. The summed E-state index contributed by atoms with van der Waals surface area (Å²) in [6, 6.07) is 31.8. The SMILES string of the molecule is C[C@]12C(=O)N(c3ccc(OC(=O)c4ccccc4)cc3)C(=O)[C@@H]1C1c3ccccc3C2c2ccccc21. The van der Waals surface area contributed by atoms with Crippen molar-refractivity contribution in [1.29, 1.82) is 0 Å². The van der Waals surface area contributed by atoms with Crippen molar-refractivity contribution in [2.45, 2.75) is 18.8 Å². The molecule has 37 heavy (non-hydrogen) atoms. The molecule has 1 aliphatic heterocycles. The Morgan fingerprint density at radius 3 is 1.86 bits per heavy atom. The van der Waals surface area contributed by atoms with E-state index < -0.39 is 17.3 Å². The van der Waals surface area contributed by atoms with Crippen LogP contribution in [0.25, 0.3) is 0 Å². The van der Waals surface area contributed by atoms with Crippen molar-refractivity contribution in [3.63, 3.8) is 0 Å². The summed E-state index contributed by atoms with van der Waals surface area (Å²) in [5.74, 6) is -1.33. The molecule has 0 saturated carbocycles. The van der Waals surface area contributed by atoms with Gasteiger partial charge in [-0.1, -0.05) is 66.7 Å². The molecule has 4 aromatic rings. The zero-order valence-electron chi connectivity index (χ0n) is 20.1. The van der Waals surface area contributed by atoms with Crippen LogP contribution < -0.4 is 9.64 Å². The highest BCUT2D eigenvalue weighted by Crippen LogP contribution is 2.67. The molecule has 1 heterocycles. The number of hydrogen-bond donors (Lipinski definition) is 0. The fourth-order valence-electron chi connectivity index (χ4n) is 6.76. The van der Waals surface area contributed by atoms with E-state index in [2.05, 4.69) is 24.3 Å². The van der Waals surface area contributed by atoms with Crippen LogP contribution in [0.1, 0.15) is 51.4 Å². The van der Waals surface area contributed by atoms with Crippen molar-refractivity contribution in [2.75, 3.05) is 4.90 Å². The van der Waals surface area contributed by atoms with Gasteiger partial charge in [0, 0.05) is 11.8 Å². The first-order valence-electron chi connectivity index (χ1n) is 12.4. The predicted molar refractivity (Wildman–Crippen MR) is 139 cm³/mol. The van der Waals surface area contributed by atoms with Gasteiger partial charge in [0.25, 0.3) is 0 Å². The fraction of sp³-hybridized carbons (Fsp3) is 0.156. The van der Waals surface area contributed by atoms with Crippen molar-refractivity contribution in [3.8, 4) is 5.75 Å². The molecule has 0 spiro atoms. The second kappa shape index (κ2) is 7.74. The van der Waals surface area contributed by atoms with Gasteiger partial charge >= 0.3 is 5.97 Å². The first-order chi connectivity index (χ1) is 18.0. The molecule has 180 valence electrons. The number of esters is 1. The molecular formula is C32H23NO4. The summed E-state index contributed by atoms with van der Waals surface area (Å²) in [6.45, 7) is 1.96. The summed E-state index contributed by atoms with van der Waals surface area (Å²) in [6.07, 6.45) is 0. The Labute approximate surface area is 214 Å². The van der Waals surface area contributed by atoms with Crippen molar-refractivity contribution < 1.29 is 19.1 Å². The molecule has 1 fully saturated rings. The maximum Gasteiger partial charge on any atom is 0.343 e. The van der Waals surface area contributed by atoms with Gasteiger partial charge in [0.2, 0.25) is 11.8 Å². The maximum atomic E-state index is 14.1. The second-order valence-electron chi connectivity index (χ2n) is 10.2. The van der Waals surface area contributed by atoms with Crippen molar-refractivity contribution in [3.05, 3.63) is 131 Å². The summed E-state index contributed by atoms with van der Waals surface area (Å²) in [5.41, 5.74) is 4.59. The van der Waals surface area contributed by atoms with Crippen LogP contribution in [0.2, 0.25) is 0 Å². The molecule has 8 rings (SSSR count). The van der Waals surface area contributed by atoms with E-state index >= 15 is 0 Å². The Balaban J connectivity index is 1.26. The number of anilines is 1. The van der Waals surface area contributed by atoms with Crippen LogP contribution in [0, 0.1) is 11.3 Å². The molecule has 1 saturated heterocycles. The molecule has 4 aromatic carbocycles. The van der Waals surface area contributed by atoms with E-state index in [1.54, 1.807) is 48.5 Å². The normalized spacial score (nSPS) is 24.9. The van der Waals surface area contributed by atoms with Crippen LogP contribution in [-0.4, -0.2) is 17.8 Å². The summed E-state index contributed by atoms with van der Waals surface area (Å²) < 4.78 is 5.49. The molecule has 0 radical (unpaired) electrons. The number of amides is 2. The molecule has 3 aliphatic carbocycles. The smallest absolute Gasteiger partial charge is 0.343 e. The number of ether oxygens (including phenoxy) is 1. The van der Waals surface area contributed by atoms with E-state index in [-0.39, 0.29) is 23.7 Å².